The van der Waals surface area contributed by atoms with E-state index in [4.69, 9.17) is 4.74 Å². The van der Waals surface area contributed by atoms with E-state index in [-0.39, 0.29) is 5.91 Å². The van der Waals surface area contributed by atoms with Gasteiger partial charge in [0.05, 0.1) is 17.9 Å². The lowest BCUT2D eigenvalue weighted by Gasteiger charge is -2.16. The lowest BCUT2D eigenvalue weighted by atomic mass is 10.1. The van der Waals surface area contributed by atoms with Crippen LogP contribution in [-0.4, -0.2) is 45.3 Å². The molecule has 6 nitrogen and oxygen atoms in total. The highest BCUT2D eigenvalue weighted by atomic mass is 16.5. The Bertz CT molecular complexity index is 1010. The second-order valence-electron chi connectivity index (χ2n) is 7.96. The van der Waals surface area contributed by atoms with Crippen LogP contribution >= 0.6 is 0 Å². The van der Waals surface area contributed by atoms with Gasteiger partial charge >= 0.3 is 0 Å². The Morgan fingerprint density at radius 3 is 2.79 bits per heavy atom. The van der Waals surface area contributed by atoms with Crippen molar-refractivity contribution in [3.8, 4) is 5.88 Å². The van der Waals surface area contributed by atoms with Crippen molar-refractivity contribution in [2.45, 2.75) is 25.2 Å². The summed E-state index contributed by atoms with van der Waals surface area (Å²) < 4.78 is 7.85. The third-order valence-electron chi connectivity index (χ3n) is 5.82. The number of carbonyl (C=O) groups excluding carboxylic acids is 1. The maximum Gasteiger partial charge on any atom is 0.256 e. The van der Waals surface area contributed by atoms with Gasteiger partial charge in [-0.2, -0.15) is 5.10 Å². The fraction of sp³-hybridized carbons (Fsp3) is 0.409. The van der Waals surface area contributed by atoms with Crippen molar-refractivity contribution in [3.05, 3.63) is 53.9 Å². The van der Waals surface area contributed by atoms with Gasteiger partial charge in [0.15, 0.2) is 0 Å². The second-order valence-corrected chi connectivity index (χ2v) is 7.96. The summed E-state index contributed by atoms with van der Waals surface area (Å²) in [6, 6.07) is 12.0. The minimum atomic E-state index is 0.105. The zero-order valence-electron chi connectivity index (χ0n) is 16.0. The fourth-order valence-electron chi connectivity index (χ4n) is 4.04. The predicted molar refractivity (Wildman–Crippen MR) is 106 cm³/mol. The van der Waals surface area contributed by atoms with Crippen molar-refractivity contribution < 1.29 is 9.53 Å². The molecule has 1 amide bonds. The summed E-state index contributed by atoms with van der Waals surface area (Å²) in [6.45, 7) is 2.05. The average Bonchev–Trinajstić information content (AvgIpc) is 3.38. The highest BCUT2D eigenvalue weighted by Gasteiger charge is 2.29. The summed E-state index contributed by atoms with van der Waals surface area (Å²) in [5.41, 5.74) is 2.93. The number of aryl methyl sites for hydroxylation is 1. The topological polar surface area (TPSA) is 60.2 Å². The van der Waals surface area contributed by atoms with E-state index in [0.29, 0.717) is 24.3 Å². The zero-order chi connectivity index (χ0) is 19.1. The number of carbonyl (C=O) groups is 1. The van der Waals surface area contributed by atoms with E-state index in [1.54, 1.807) is 0 Å². The van der Waals surface area contributed by atoms with Gasteiger partial charge in [0.2, 0.25) is 5.88 Å². The number of fused-ring (bicyclic) bond motifs is 1. The average molecular weight is 376 g/mol. The number of nitrogens with zero attached hydrogens (tertiary/aromatic N) is 4. The highest BCUT2D eigenvalue weighted by Crippen LogP contribution is 2.38. The fourth-order valence-corrected chi connectivity index (χ4v) is 4.04. The van der Waals surface area contributed by atoms with Crippen LogP contribution in [0.25, 0.3) is 10.9 Å². The number of likely N-dealkylation sites (tertiary alicyclic amines) is 1. The molecule has 1 aromatic carbocycles. The van der Waals surface area contributed by atoms with Crippen LogP contribution in [-0.2, 0) is 7.05 Å². The maximum atomic E-state index is 13.1. The lowest BCUT2D eigenvalue weighted by molar-refractivity contribution is 0.0784. The van der Waals surface area contributed by atoms with Crippen LogP contribution in [0.15, 0.2) is 42.6 Å². The first kappa shape index (κ1) is 17.2. The van der Waals surface area contributed by atoms with Gasteiger partial charge in [0.1, 0.15) is 0 Å². The number of hydrogen-bond acceptors (Lipinski definition) is 4. The smallest absolute Gasteiger partial charge is 0.256 e. The number of ether oxygens (including phenoxy) is 1. The molecule has 1 aliphatic heterocycles. The standard InChI is InChI=1S/C22H24N4O2/c1-25-13-18(17-4-2-3-5-20(17)25)22(27)26-11-10-15(12-26)14-28-21-9-8-19(23-24-21)16-6-7-16/h2-5,8-9,13,15-16H,6-7,10-12,14H2,1H3. The van der Waals surface area contributed by atoms with Crippen molar-refractivity contribution in [1.29, 1.82) is 0 Å². The van der Waals surface area contributed by atoms with Gasteiger partial charge in [0, 0.05) is 55.1 Å². The third kappa shape index (κ3) is 3.23. The van der Waals surface area contributed by atoms with E-state index in [1.807, 2.05) is 59.1 Å². The maximum absolute atomic E-state index is 13.1. The molecule has 0 spiro atoms. The molecule has 6 heteroatoms. The van der Waals surface area contributed by atoms with Crippen LogP contribution < -0.4 is 4.74 Å². The molecular formula is C22H24N4O2. The van der Waals surface area contributed by atoms with E-state index in [1.165, 1.54) is 12.8 Å². The van der Waals surface area contributed by atoms with E-state index < -0.39 is 0 Å². The first-order valence-corrected chi connectivity index (χ1v) is 9.99. The number of benzene rings is 1. The number of hydrogen-bond donors (Lipinski definition) is 0. The molecule has 5 rings (SSSR count). The normalized spacial score (nSPS) is 19.3. The van der Waals surface area contributed by atoms with Gasteiger partial charge in [0.25, 0.3) is 5.91 Å². The molecule has 28 heavy (non-hydrogen) atoms. The van der Waals surface area contributed by atoms with Crippen LogP contribution in [0.3, 0.4) is 0 Å². The Morgan fingerprint density at radius 1 is 1.14 bits per heavy atom. The quantitative estimate of drug-likeness (QED) is 0.685. The Labute approximate surface area is 164 Å². The summed E-state index contributed by atoms with van der Waals surface area (Å²) in [4.78, 5) is 15.0. The van der Waals surface area contributed by atoms with Gasteiger partial charge in [-0.3, -0.25) is 4.79 Å². The van der Waals surface area contributed by atoms with Crippen molar-refractivity contribution in [2.24, 2.45) is 13.0 Å². The molecule has 1 saturated carbocycles. The molecule has 3 heterocycles. The molecule has 0 bridgehead atoms. The zero-order valence-corrected chi connectivity index (χ0v) is 16.0. The van der Waals surface area contributed by atoms with E-state index >= 15 is 0 Å². The summed E-state index contributed by atoms with van der Waals surface area (Å²) in [7, 11) is 1.98. The molecule has 144 valence electrons. The summed E-state index contributed by atoms with van der Waals surface area (Å²) in [5, 5.41) is 9.46. The van der Waals surface area contributed by atoms with Crippen LogP contribution in [0.2, 0.25) is 0 Å². The van der Waals surface area contributed by atoms with E-state index in [2.05, 4.69) is 10.2 Å². The van der Waals surface area contributed by atoms with E-state index in [9.17, 15) is 4.79 Å². The van der Waals surface area contributed by atoms with Gasteiger partial charge in [-0.05, 0) is 31.4 Å². The Morgan fingerprint density at radius 2 is 2.00 bits per heavy atom. The first-order chi connectivity index (χ1) is 13.7. The van der Waals surface area contributed by atoms with Gasteiger partial charge in [-0.15, -0.1) is 5.10 Å². The molecule has 2 aliphatic rings. The molecule has 2 fully saturated rings. The summed E-state index contributed by atoms with van der Waals surface area (Å²) in [6.07, 6.45) is 5.33. The minimum absolute atomic E-state index is 0.105. The number of rotatable bonds is 5. The van der Waals surface area contributed by atoms with Crippen LogP contribution in [0.4, 0.5) is 0 Å². The minimum Gasteiger partial charge on any atom is -0.476 e. The molecule has 2 aromatic heterocycles. The van der Waals surface area contributed by atoms with Crippen LogP contribution in [0.5, 0.6) is 5.88 Å². The molecule has 3 aromatic rings. The molecule has 1 unspecified atom stereocenters. The second kappa shape index (κ2) is 6.93. The summed E-state index contributed by atoms with van der Waals surface area (Å²) >= 11 is 0. The molecule has 1 saturated heterocycles. The monoisotopic (exact) mass is 376 g/mol. The number of amides is 1. The molecular weight excluding hydrogens is 352 g/mol. The van der Waals surface area contributed by atoms with Gasteiger partial charge < -0.3 is 14.2 Å². The van der Waals surface area contributed by atoms with Crippen LogP contribution in [0, 0.1) is 5.92 Å². The molecule has 0 radical (unpaired) electrons. The SMILES string of the molecule is Cn1cc(C(=O)N2CCC(COc3ccc(C4CC4)nn3)C2)c2ccccc21. The molecule has 1 atom stereocenters. The summed E-state index contributed by atoms with van der Waals surface area (Å²) in [5.74, 6) is 1.60. The van der Waals surface area contributed by atoms with Crippen molar-refractivity contribution in [2.75, 3.05) is 19.7 Å². The number of para-hydroxylation sites is 1. The first-order valence-electron chi connectivity index (χ1n) is 9.99. The van der Waals surface area contributed by atoms with E-state index in [0.717, 1.165) is 41.7 Å². The Kier molecular flexibility index (Phi) is 4.26. The largest absolute Gasteiger partial charge is 0.476 e. The lowest BCUT2D eigenvalue weighted by Crippen LogP contribution is -2.29. The number of aromatic nitrogens is 3. The van der Waals surface area contributed by atoms with Crippen molar-refractivity contribution in [3.63, 3.8) is 0 Å². The third-order valence-corrected chi connectivity index (χ3v) is 5.82. The van der Waals surface area contributed by atoms with Crippen molar-refractivity contribution in [1.82, 2.24) is 19.7 Å². The molecule has 0 N–H and O–H groups in total. The predicted octanol–water partition coefficient (Wildman–Crippen LogP) is 3.39. The van der Waals surface area contributed by atoms with Crippen LogP contribution in [0.1, 0.15) is 41.2 Å². The van der Waals surface area contributed by atoms with Crippen molar-refractivity contribution >= 4 is 16.8 Å². The van der Waals surface area contributed by atoms with Gasteiger partial charge in [-0.1, -0.05) is 18.2 Å². The Hall–Kier alpha value is -2.89. The van der Waals surface area contributed by atoms with Gasteiger partial charge in [-0.25, -0.2) is 0 Å². The highest BCUT2D eigenvalue weighted by molar-refractivity contribution is 6.07. The molecule has 1 aliphatic carbocycles. The Balaban J connectivity index is 1.21.